The van der Waals surface area contributed by atoms with Gasteiger partial charge in [0.15, 0.2) is 0 Å². The van der Waals surface area contributed by atoms with E-state index in [9.17, 15) is 4.79 Å². The Labute approximate surface area is 139 Å². The lowest BCUT2D eigenvalue weighted by molar-refractivity contribution is 0.0569. The normalized spacial score (nSPS) is 14.5. The van der Waals surface area contributed by atoms with Crippen molar-refractivity contribution in [1.82, 2.24) is 20.0 Å². The first kappa shape index (κ1) is 14.6. The lowest BCUT2D eigenvalue weighted by Crippen LogP contribution is -2.48. The number of hydrogen-bond donors (Lipinski definition) is 0. The van der Waals surface area contributed by atoms with Crippen LogP contribution in [0.1, 0.15) is 27.7 Å². The van der Waals surface area contributed by atoms with Crippen LogP contribution in [0.2, 0.25) is 0 Å². The van der Waals surface area contributed by atoms with Crippen molar-refractivity contribution in [2.24, 2.45) is 0 Å². The van der Waals surface area contributed by atoms with Gasteiger partial charge < -0.3 is 9.42 Å². The van der Waals surface area contributed by atoms with Gasteiger partial charge in [-0.15, -0.1) is 0 Å². The lowest BCUT2D eigenvalue weighted by Gasteiger charge is -2.37. The third-order valence-corrected chi connectivity index (χ3v) is 4.16. The van der Waals surface area contributed by atoms with Crippen LogP contribution in [0.5, 0.6) is 0 Å². The monoisotopic (exact) mass is 320 g/mol. The number of nitrogens with zero attached hydrogens (tertiary/aromatic N) is 4. The zero-order valence-electron chi connectivity index (χ0n) is 13.2. The summed E-state index contributed by atoms with van der Waals surface area (Å²) in [4.78, 5) is 22.7. The highest BCUT2D eigenvalue weighted by molar-refractivity contribution is 5.95. The molecule has 3 heterocycles. The van der Waals surface area contributed by atoms with Crippen molar-refractivity contribution < 1.29 is 9.32 Å². The van der Waals surface area contributed by atoms with Gasteiger partial charge in [-0.1, -0.05) is 22.9 Å². The summed E-state index contributed by atoms with van der Waals surface area (Å²) in [6, 6.07) is 11.3. The van der Waals surface area contributed by atoms with Crippen LogP contribution in [-0.4, -0.2) is 39.0 Å². The van der Waals surface area contributed by atoms with E-state index in [0.717, 1.165) is 16.7 Å². The highest BCUT2D eigenvalue weighted by Gasteiger charge is 2.36. The maximum absolute atomic E-state index is 12.4. The Morgan fingerprint density at radius 1 is 1.21 bits per heavy atom. The second-order valence-electron chi connectivity index (χ2n) is 5.97. The Kier molecular flexibility index (Phi) is 3.57. The Morgan fingerprint density at radius 3 is 2.75 bits per heavy atom. The summed E-state index contributed by atoms with van der Waals surface area (Å²) >= 11 is 0. The highest BCUT2D eigenvalue weighted by atomic mass is 16.5. The highest BCUT2D eigenvalue weighted by Crippen LogP contribution is 2.28. The Bertz CT molecular complexity index is 869. The van der Waals surface area contributed by atoms with Crippen LogP contribution >= 0.6 is 0 Å². The van der Waals surface area contributed by atoms with Crippen LogP contribution in [0, 0.1) is 6.92 Å². The Hall–Kier alpha value is -3.02. The summed E-state index contributed by atoms with van der Waals surface area (Å²) < 4.78 is 5.36. The van der Waals surface area contributed by atoms with Gasteiger partial charge in [0.05, 0.1) is 5.92 Å². The average Bonchev–Trinajstić information content (AvgIpc) is 3.04. The molecule has 0 radical (unpaired) electrons. The first-order valence-electron chi connectivity index (χ1n) is 7.80. The molecular formula is C18H16N4O2. The molecule has 0 unspecified atom stereocenters. The van der Waals surface area contributed by atoms with E-state index in [1.54, 1.807) is 17.3 Å². The number of pyridine rings is 1. The van der Waals surface area contributed by atoms with Crippen molar-refractivity contribution >= 4 is 5.91 Å². The molecule has 1 fully saturated rings. The molecule has 0 aliphatic carbocycles. The van der Waals surface area contributed by atoms with Gasteiger partial charge in [0.25, 0.3) is 5.91 Å². The molecule has 6 heteroatoms. The lowest BCUT2D eigenvalue weighted by atomic mass is 9.98. The number of amides is 1. The maximum atomic E-state index is 12.4. The number of carbonyl (C=O) groups is 1. The molecule has 0 saturated carbocycles. The number of aromatic nitrogens is 3. The Balaban J connectivity index is 1.43. The van der Waals surface area contributed by atoms with Gasteiger partial charge in [0.1, 0.15) is 0 Å². The molecule has 1 aliphatic rings. The van der Waals surface area contributed by atoms with Crippen LogP contribution in [-0.2, 0) is 0 Å². The van der Waals surface area contributed by atoms with Crippen LogP contribution in [0.25, 0.3) is 11.4 Å². The van der Waals surface area contributed by atoms with E-state index in [-0.39, 0.29) is 11.8 Å². The minimum atomic E-state index is 0.0452. The number of hydrogen-bond acceptors (Lipinski definition) is 5. The van der Waals surface area contributed by atoms with Gasteiger partial charge in [0, 0.05) is 36.6 Å². The third-order valence-electron chi connectivity index (χ3n) is 4.16. The summed E-state index contributed by atoms with van der Waals surface area (Å²) in [5, 5.41) is 4.01. The van der Waals surface area contributed by atoms with E-state index in [0.29, 0.717) is 24.8 Å². The molecule has 1 aromatic carbocycles. The van der Waals surface area contributed by atoms with Crippen molar-refractivity contribution in [2.75, 3.05) is 13.1 Å². The smallest absolute Gasteiger partial charge is 0.253 e. The van der Waals surface area contributed by atoms with Gasteiger partial charge in [-0.25, -0.2) is 0 Å². The van der Waals surface area contributed by atoms with Crippen LogP contribution in [0.15, 0.2) is 53.3 Å². The molecule has 6 nitrogen and oxygen atoms in total. The molecule has 3 aromatic rings. The van der Waals surface area contributed by atoms with Crippen molar-refractivity contribution in [2.45, 2.75) is 12.8 Å². The second kappa shape index (κ2) is 5.88. The van der Waals surface area contributed by atoms with E-state index in [1.807, 2.05) is 43.3 Å². The Morgan fingerprint density at radius 2 is 2.00 bits per heavy atom. The number of aryl methyl sites for hydroxylation is 1. The van der Waals surface area contributed by atoms with Gasteiger partial charge in [-0.3, -0.25) is 9.78 Å². The summed E-state index contributed by atoms with van der Waals surface area (Å²) in [5.41, 5.74) is 2.67. The average molecular weight is 320 g/mol. The summed E-state index contributed by atoms with van der Waals surface area (Å²) in [5.74, 6) is 1.27. The quantitative estimate of drug-likeness (QED) is 0.742. The first-order chi connectivity index (χ1) is 11.7. The van der Waals surface area contributed by atoms with E-state index in [1.165, 1.54) is 0 Å². The van der Waals surface area contributed by atoms with E-state index >= 15 is 0 Å². The topological polar surface area (TPSA) is 72.1 Å². The molecular weight excluding hydrogens is 304 g/mol. The molecule has 1 saturated heterocycles. The molecule has 0 spiro atoms. The van der Waals surface area contributed by atoms with E-state index in [4.69, 9.17) is 4.52 Å². The summed E-state index contributed by atoms with van der Waals surface area (Å²) in [6.07, 6.45) is 3.38. The zero-order valence-corrected chi connectivity index (χ0v) is 13.2. The number of benzene rings is 1. The second-order valence-corrected chi connectivity index (χ2v) is 5.97. The molecule has 1 amide bonds. The predicted molar refractivity (Wildman–Crippen MR) is 87.4 cm³/mol. The first-order valence-corrected chi connectivity index (χ1v) is 7.80. The van der Waals surface area contributed by atoms with Gasteiger partial charge in [0.2, 0.25) is 11.7 Å². The number of rotatable bonds is 3. The van der Waals surface area contributed by atoms with Gasteiger partial charge in [-0.05, 0) is 31.2 Å². The fourth-order valence-corrected chi connectivity index (χ4v) is 2.78. The van der Waals surface area contributed by atoms with Crippen molar-refractivity contribution in [1.29, 1.82) is 0 Å². The molecule has 2 aromatic heterocycles. The van der Waals surface area contributed by atoms with Crippen LogP contribution < -0.4 is 0 Å². The SMILES string of the molecule is Cc1cccc(C(=O)N2CC(c3nc(-c4ccncc4)no3)C2)c1. The standard InChI is InChI=1S/C18H16N4O2/c1-12-3-2-4-14(9-12)18(23)22-10-15(11-22)17-20-16(21-24-17)13-5-7-19-8-6-13/h2-9,15H,10-11H2,1H3. The van der Waals surface area contributed by atoms with E-state index in [2.05, 4.69) is 15.1 Å². The summed E-state index contributed by atoms with van der Waals surface area (Å²) in [6.45, 7) is 3.18. The molecule has 0 bridgehead atoms. The molecule has 0 N–H and O–H groups in total. The van der Waals surface area contributed by atoms with Crippen LogP contribution in [0.3, 0.4) is 0 Å². The van der Waals surface area contributed by atoms with Crippen molar-refractivity contribution in [3.8, 4) is 11.4 Å². The summed E-state index contributed by atoms with van der Waals surface area (Å²) in [7, 11) is 0. The van der Waals surface area contributed by atoms with Gasteiger partial charge in [-0.2, -0.15) is 4.98 Å². The minimum Gasteiger partial charge on any atom is -0.339 e. The van der Waals surface area contributed by atoms with Gasteiger partial charge >= 0.3 is 0 Å². The molecule has 24 heavy (non-hydrogen) atoms. The van der Waals surface area contributed by atoms with Crippen molar-refractivity contribution in [3.63, 3.8) is 0 Å². The number of likely N-dealkylation sites (tertiary alicyclic amines) is 1. The molecule has 1 aliphatic heterocycles. The maximum Gasteiger partial charge on any atom is 0.253 e. The largest absolute Gasteiger partial charge is 0.339 e. The fraction of sp³-hybridized carbons (Fsp3) is 0.222. The predicted octanol–water partition coefficient (Wildman–Crippen LogP) is 2.68. The van der Waals surface area contributed by atoms with E-state index < -0.39 is 0 Å². The van der Waals surface area contributed by atoms with Crippen molar-refractivity contribution in [3.05, 3.63) is 65.8 Å². The minimum absolute atomic E-state index is 0.0452. The molecule has 0 atom stereocenters. The van der Waals surface area contributed by atoms with Crippen LogP contribution in [0.4, 0.5) is 0 Å². The third kappa shape index (κ3) is 2.67. The zero-order chi connectivity index (χ0) is 16.5. The molecule has 120 valence electrons. The number of carbonyl (C=O) groups excluding carboxylic acids is 1. The molecule has 4 rings (SSSR count). The fourth-order valence-electron chi connectivity index (χ4n) is 2.78.